The van der Waals surface area contributed by atoms with Crippen LogP contribution in [0, 0.1) is 0 Å². The van der Waals surface area contributed by atoms with Gasteiger partial charge in [-0.25, -0.2) is 0 Å². The molecule has 0 atom stereocenters. The van der Waals surface area contributed by atoms with Crippen molar-refractivity contribution >= 4 is 56.3 Å². The van der Waals surface area contributed by atoms with Crippen molar-refractivity contribution in [1.82, 2.24) is 4.57 Å². The van der Waals surface area contributed by atoms with Gasteiger partial charge in [-0.15, -0.1) is 13.2 Å². The number of hydrogen-bond donors (Lipinski definition) is 2. The molecule has 4 nitrogen and oxygen atoms in total. The minimum atomic E-state index is -1.57. The number of fused-ring (bicyclic) bond motifs is 6. The number of furan rings is 1. The molecule has 5 aromatic carbocycles. The van der Waals surface area contributed by atoms with E-state index in [1.165, 1.54) is 16.3 Å². The molecule has 2 N–H and O–H groups in total. The highest BCUT2D eigenvalue weighted by Crippen LogP contribution is 2.36. The van der Waals surface area contributed by atoms with Crippen molar-refractivity contribution in [3.05, 3.63) is 122 Å². The molecule has 37 heavy (non-hydrogen) atoms. The number of rotatable bonds is 3. The fourth-order valence-corrected chi connectivity index (χ4v) is 5.26. The molecule has 0 unspecified atom stereocenters. The Hall–Kier alpha value is -4.58. The summed E-state index contributed by atoms with van der Waals surface area (Å²) < 4.78 is 8.29. The molecule has 0 aliphatic rings. The van der Waals surface area contributed by atoms with Crippen molar-refractivity contribution in [3.8, 4) is 16.8 Å². The summed E-state index contributed by atoms with van der Waals surface area (Å²) in [6.07, 6.45) is 0. The van der Waals surface area contributed by atoms with Gasteiger partial charge in [0.25, 0.3) is 0 Å². The van der Waals surface area contributed by atoms with E-state index >= 15 is 0 Å². The van der Waals surface area contributed by atoms with Crippen LogP contribution < -0.4 is 5.46 Å². The summed E-state index contributed by atoms with van der Waals surface area (Å²) in [6, 6.07) is 36.9. The highest BCUT2D eigenvalue weighted by Gasteiger charge is 2.20. The second-order valence-electron chi connectivity index (χ2n) is 8.83. The summed E-state index contributed by atoms with van der Waals surface area (Å²) in [7, 11) is -1.57. The van der Waals surface area contributed by atoms with Gasteiger partial charge in [0.05, 0.1) is 11.0 Å². The second kappa shape index (κ2) is 9.14. The quantitative estimate of drug-likeness (QED) is 0.215. The highest BCUT2D eigenvalue weighted by molar-refractivity contribution is 6.62. The predicted octanol–water partition coefficient (Wildman–Crippen LogP) is 6.83. The molecule has 0 saturated carbocycles. The van der Waals surface area contributed by atoms with Crippen LogP contribution in [0.4, 0.5) is 0 Å². The van der Waals surface area contributed by atoms with Crippen molar-refractivity contribution < 1.29 is 14.5 Å². The number of aromatic nitrogens is 1. The van der Waals surface area contributed by atoms with E-state index in [0.717, 1.165) is 38.7 Å². The summed E-state index contributed by atoms with van der Waals surface area (Å²) in [5.41, 5.74) is 7.40. The maximum Gasteiger partial charge on any atom is 0.489 e. The van der Waals surface area contributed by atoms with Crippen LogP contribution in [0.2, 0.25) is 0 Å². The molecule has 2 aromatic heterocycles. The van der Waals surface area contributed by atoms with E-state index in [0.29, 0.717) is 11.0 Å². The average molecular weight is 481 g/mol. The molecular weight excluding hydrogens is 457 g/mol. The summed E-state index contributed by atoms with van der Waals surface area (Å²) in [5, 5.41) is 23.8. The first-order valence-electron chi connectivity index (χ1n) is 12.1. The minimum absolute atomic E-state index is 0.444. The summed E-state index contributed by atoms with van der Waals surface area (Å²) in [4.78, 5) is 0. The molecule has 7 aromatic rings. The van der Waals surface area contributed by atoms with Crippen molar-refractivity contribution in [2.75, 3.05) is 0 Å². The maximum absolute atomic E-state index is 9.91. The lowest BCUT2D eigenvalue weighted by molar-refractivity contribution is 0.426. The molecule has 0 saturated heterocycles. The van der Waals surface area contributed by atoms with E-state index in [1.807, 2.05) is 18.2 Å². The van der Waals surface area contributed by atoms with Crippen LogP contribution in [-0.2, 0) is 0 Å². The van der Waals surface area contributed by atoms with E-state index in [9.17, 15) is 10.0 Å². The lowest BCUT2D eigenvalue weighted by Gasteiger charge is -2.08. The normalized spacial score (nSPS) is 11.2. The average Bonchev–Trinajstić information content (AvgIpc) is 3.49. The molecule has 0 aliphatic carbocycles. The Morgan fingerprint density at radius 2 is 1.27 bits per heavy atom. The van der Waals surface area contributed by atoms with Crippen LogP contribution in [0.5, 0.6) is 0 Å². The lowest BCUT2D eigenvalue weighted by atomic mass is 9.77. The molecular formula is C32H24BNO3. The zero-order valence-electron chi connectivity index (χ0n) is 20.1. The standard InChI is InChI=1S/C30H20BNO3.C2H4/c33-31(34)25-10-6-12-29-30(25)24-18-20(14-16-28(24)35-29)19-13-15-27-23(17-19)22-9-4-5-11-26(22)32(27)21-7-2-1-3-8-21;1-2/h1-18,33-34H;1-2H2. The molecule has 7 rings (SSSR count). The van der Waals surface area contributed by atoms with Crippen LogP contribution >= 0.6 is 0 Å². The third-order valence-corrected chi connectivity index (χ3v) is 6.83. The van der Waals surface area contributed by atoms with E-state index in [4.69, 9.17) is 4.42 Å². The Morgan fingerprint density at radius 1 is 0.595 bits per heavy atom. The molecule has 2 heterocycles. The van der Waals surface area contributed by atoms with Gasteiger partial charge in [0.2, 0.25) is 0 Å². The molecule has 0 radical (unpaired) electrons. The van der Waals surface area contributed by atoms with Gasteiger partial charge < -0.3 is 19.0 Å². The first-order valence-corrected chi connectivity index (χ1v) is 12.1. The summed E-state index contributed by atoms with van der Waals surface area (Å²) in [5.74, 6) is 0. The summed E-state index contributed by atoms with van der Waals surface area (Å²) >= 11 is 0. The molecule has 0 bridgehead atoms. The maximum atomic E-state index is 9.91. The third-order valence-electron chi connectivity index (χ3n) is 6.83. The number of hydrogen-bond acceptors (Lipinski definition) is 3. The minimum Gasteiger partial charge on any atom is -0.456 e. The van der Waals surface area contributed by atoms with Crippen molar-refractivity contribution in [2.45, 2.75) is 0 Å². The lowest BCUT2D eigenvalue weighted by Crippen LogP contribution is -2.30. The van der Waals surface area contributed by atoms with E-state index in [2.05, 4.69) is 96.6 Å². The number of benzene rings is 5. The largest absolute Gasteiger partial charge is 0.489 e. The Balaban J connectivity index is 0.00000123. The number of nitrogens with zero attached hydrogens (tertiary/aromatic N) is 1. The first kappa shape index (κ1) is 22.9. The number of para-hydroxylation sites is 2. The Morgan fingerprint density at radius 3 is 2.05 bits per heavy atom. The van der Waals surface area contributed by atoms with Gasteiger partial charge in [-0.1, -0.05) is 60.7 Å². The fraction of sp³-hybridized carbons (Fsp3) is 0. The molecule has 0 amide bonds. The topological polar surface area (TPSA) is 58.5 Å². The van der Waals surface area contributed by atoms with Gasteiger partial charge in [0.1, 0.15) is 11.2 Å². The van der Waals surface area contributed by atoms with Crippen LogP contribution in [0.15, 0.2) is 127 Å². The van der Waals surface area contributed by atoms with Crippen LogP contribution in [-0.4, -0.2) is 21.7 Å². The zero-order chi connectivity index (χ0) is 25.5. The van der Waals surface area contributed by atoms with Crippen LogP contribution in [0.25, 0.3) is 60.6 Å². The SMILES string of the molecule is C=C.OB(O)c1cccc2oc3ccc(-c4ccc5c(c4)c4ccccc4n5-c4ccccc4)cc3c12. The molecule has 5 heteroatoms. The van der Waals surface area contributed by atoms with Crippen LogP contribution in [0.3, 0.4) is 0 Å². The van der Waals surface area contributed by atoms with Gasteiger partial charge in [0, 0.05) is 27.2 Å². The third kappa shape index (κ3) is 3.64. The Bertz CT molecular complexity index is 1900. The van der Waals surface area contributed by atoms with E-state index in [-0.39, 0.29) is 0 Å². The predicted molar refractivity (Wildman–Crippen MR) is 155 cm³/mol. The first-order chi connectivity index (χ1) is 18.2. The fourth-order valence-electron chi connectivity index (χ4n) is 5.26. The van der Waals surface area contributed by atoms with Crippen molar-refractivity contribution in [1.29, 1.82) is 0 Å². The molecule has 0 aliphatic heterocycles. The van der Waals surface area contributed by atoms with Gasteiger partial charge in [0.15, 0.2) is 0 Å². The van der Waals surface area contributed by atoms with Gasteiger partial charge in [-0.3, -0.25) is 0 Å². The molecule has 178 valence electrons. The van der Waals surface area contributed by atoms with Gasteiger partial charge in [-0.05, 0) is 65.1 Å². The Kier molecular flexibility index (Phi) is 5.65. The van der Waals surface area contributed by atoms with Crippen molar-refractivity contribution in [2.24, 2.45) is 0 Å². The van der Waals surface area contributed by atoms with E-state index < -0.39 is 7.12 Å². The highest BCUT2D eigenvalue weighted by atomic mass is 16.4. The van der Waals surface area contributed by atoms with E-state index in [1.54, 1.807) is 12.1 Å². The smallest absolute Gasteiger partial charge is 0.456 e. The van der Waals surface area contributed by atoms with Crippen molar-refractivity contribution in [3.63, 3.8) is 0 Å². The van der Waals surface area contributed by atoms with Gasteiger partial charge >= 0.3 is 7.12 Å². The van der Waals surface area contributed by atoms with Gasteiger partial charge in [-0.2, -0.15) is 0 Å². The molecule has 0 spiro atoms. The zero-order valence-corrected chi connectivity index (χ0v) is 20.1. The molecule has 0 fully saturated rings. The Labute approximate surface area is 214 Å². The summed E-state index contributed by atoms with van der Waals surface area (Å²) in [6.45, 7) is 6.00. The van der Waals surface area contributed by atoms with Crippen LogP contribution in [0.1, 0.15) is 0 Å². The second-order valence-corrected chi connectivity index (χ2v) is 8.83. The monoisotopic (exact) mass is 481 g/mol.